The lowest BCUT2D eigenvalue weighted by molar-refractivity contribution is -0.385. The summed E-state index contributed by atoms with van der Waals surface area (Å²) < 4.78 is 12.7. The Morgan fingerprint density at radius 2 is 1.36 bits per heavy atom. The molecule has 2 aliphatic heterocycles. The lowest BCUT2D eigenvalue weighted by Crippen LogP contribution is -2.58. The van der Waals surface area contributed by atoms with E-state index in [1.807, 2.05) is 30.4 Å². The maximum absolute atomic E-state index is 11.7. The average molecular weight is 581 g/mol. The third kappa shape index (κ3) is 3.94. The minimum absolute atomic E-state index is 0.0441. The molecule has 218 valence electrons. The van der Waals surface area contributed by atoms with Gasteiger partial charge in [-0.15, -0.1) is 0 Å². The van der Waals surface area contributed by atoms with Gasteiger partial charge in [-0.05, 0) is 65.4 Å². The Bertz CT molecular complexity index is 1940. The summed E-state index contributed by atoms with van der Waals surface area (Å²) >= 11 is 0. The number of nitrogens with zero attached hydrogens (tertiary/aromatic N) is 2. The number of methoxy groups -OCH3 is 1. The van der Waals surface area contributed by atoms with Crippen LogP contribution in [0.4, 0.5) is 11.4 Å². The number of hydrogen-bond donors (Lipinski definition) is 0. The fourth-order valence-electron chi connectivity index (χ4n) is 7.00. The van der Waals surface area contributed by atoms with E-state index in [0.717, 1.165) is 39.1 Å². The van der Waals surface area contributed by atoms with Crippen molar-refractivity contribution in [3.05, 3.63) is 137 Å². The number of non-ortho nitro benzene ring substituents is 1. The van der Waals surface area contributed by atoms with E-state index in [0.29, 0.717) is 17.1 Å². The molecular formula is C38H32N2O4. The van der Waals surface area contributed by atoms with Crippen LogP contribution in [0.15, 0.2) is 115 Å². The van der Waals surface area contributed by atoms with E-state index in [2.05, 4.69) is 105 Å². The van der Waals surface area contributed by atoms with E-state index in [9.17, 15) is 10.1 Å². The maximum Gasteiger partial charge on any atom is 0.274 e. The Hall–Kier alpha value is -5.36. The van der Waals surface area contributed by atoms with E-state index in [4.69, 9.17) is 9.47 Å². The summed E-state index contributed by atoms with van der Waals surface area (Å²) in [5.41, 5.74) is 7.99. The van der Waals surface area contributed by atoms with Crippen LogP contribution in [0.3, 0.4) is 0 Å². The first-order valence-electron chi connectivity index (χ1n) is 14.6. The van der Waals surface area contributed by atoms with Gasteiger partial charge in [-0.2, -0.15) is 0 Å². The van der Waals surface area contributed by atoms with Crippen LogP contribution in [0.2, 0.25) is 0 Å². The summed E-state index contributed by atoms with van der Waals surface area (Å²) in [6, 6.07) is 36.8. The summed E-state index contributed by atoms with van der Waals surface area (Å²) in [6.07, 6.45) is 3.98. The van der Waals surface area contributed by atoms with E-state index < -0.39 is 16.1 Å². The van der Waals surface area contributed by atoms with Gasteiger partial charge in [-0.3, -0.25) is 10.1 Å². The van der Waals surface area contributed by atoms with Crippen LogP contribution in [-0.2, 0) is 5.41 Å². The fourth-order valence-corrected chi connectivity index (χ4v) is 7.00. The predicted octanol–water partition coefficient (Wildman–Crippen LogP) is 9.13. The lowest BCUT2D eigenvalue weighted by atomic mass is 9.72. The molecule has 0 radical (unpaired) electrons. The summed E-state index contributed by atoms with van der Waals surface area (Å²) in [7, 11) is 3.59. The van der Waals surface area contributed by atoms with Gasteiger partial charge < -0.3 is 14.4 Å². The first-order chi connectivity index (χ1) is 21.3. The highest BCUT2D eigenvalue weighted by atomic mass is 16.6. The third-order valence-corrected chi connectivity index (χ3v) is 9.13. The molecule has 1 spiro atoms. The van der Waals surface area contributed by atoms with Gasteiger partial charge in [0.15, 0.2) is 11.5 Å². The zero-order valence-corrected chi connectivity index (χ0v) is 25.1. The monoisotopic (exact) mass is 580 g/mol. The second kappa shape index (κ2) is 10.1. The topological polar surface area (TPSA) is 64.8 Å². The van der Waals surface area contributed by atoms with Gasteiger partial charge in [0, 0.05) is 24.2 Å². The number of nitro benzene ring substituents is 1. The van der Waals surface area contributed by atoms with Gasteiger partial charge in [0.25, 0.3) is 5.69 Å². The molecule has 5 aromatic rings. The summed E-state index contributed by atoms with van der Waals surface area (Å²) in [6.45, 7) is 4.43. The predicted molar refractivity (Wildman–Crippen MR) is 176 cm³/mol. The Morgan fingerprint density at radius 3 is 1.93 bits per heavy atom. The van der Waals surface area contributed by atoms with E-state index >= 15 is 0 Å². The lowest BCUT2D eigenvalue weighted by Gasteiger charge is -2.46. The number of likely N-dealkylation sites (N-methyl/N-ethyl adjacent to an activating group) is 1. The van der Waals surface area contributed by atoms with Crippen molar-refractivity contribution < 1.29 is 14.4 Å². The number of benzene rings is 5. The van der Waals surface area contributed by atoms with Gasteiger partial charge in [0.1, 0.15) is 0 Å². The van der Waals surface area contributed by atoms with E-state index in [1.165, 1.54) is 24.8 Å². The SMILES string of the molecule is COc1cc([N+](=O)[O-])cc2c1OC1(C=C2)N(C)c2c(-c3ccccc3)c(-c3ccccc3)cc(-c3ccccc3)c2C1(C)C. The van der Waals surface area contributed by atoms with Crippen molar-refractivity contribution in [1.82, 2.24) is 0 Å². The number of hydrogen-bond acceptors (Lipinski definition) is 5. The molecule has 0 saturated heterocycles. The van der Waals surface area contributed by atoms with Gasteiger partial charge in [0.05, 0.1) is 29.2 Å². The number of rotatable bonds is 5. The zero-order valence-electron chi connectivity index (χ0n) is 25.1. The van der Waals surface area contributed by atoms with Crippen LogP contribution in [0.25, 0.3) is 39.5 Å². The normalized spacial score (nSPS) is 17.6. The molecule has 44 heavy (non-hydrogen) atoms. The summed E-state index contributed by atoms with van der Waals surface area (Å²) in [4.78, 5) is 13.5. The minimum Gasteiger partial charge on any atom is -0.493 e. The summed E-state index contributed by atoms with van der Waals surface area (Å²) in [5.74, 6) is 0.814. The van der Waals surface area contributed by atoms with Crippen molar-refractivity contribution in [3.63, 3.8) is 0 Å². The fraction of sp³-hybridized carbons (Fsp3) is 0.158. The van der Waals surface area contributed by atoms with Crippen molar-refractivity contribution in [2.45, 2.75) is 25.0 Å². The van der Waals surface area contributed by atoms with Crippen LogP contribution in [0.1, 0.15) is 25.0 Å². The van der Waals surface area contributed by atoms with Crippen LogP contribution < -0.4 is 14.4 Å². The molecule has 0 bridgehead atoms. The second-order valence-electron chi connectivity index (χ2n) is 11.8. The molecular weight excluding hydrogens is 548 g/mol. The van der Waals surface area contributed by atoms with Crippen molar-refractivity contribution in [3.8, 4) is 44.9 Å². The van der Waals surface area contributed by atoms with Gasteiger partial charge >= 0.3 is 0 Å². The summed E-state index contributed by atoms with van der Waals surface area (Å²) in [5, 5.41) is 11.7. The minimum atomic E-state index is -0.964. The van der Waals surface area contributed by atoms with Crippen LogP contribution in [0.5, 0.6) is 11.5 Å². The van der Waals surface area contributed by atoms with Gasteiger partial charge in [0.2, 0.25) is 5.72 Å². The quantitative estimate of drug-likeness (QED) is 0.153. The van der Waals surface area contributed by atoms with E-state index in [1.54, 1.807) is 0 Å². The molecule has 0 amide bonds. The van der Waals surface area contributed by atoms with Crippen LogP contribution in [0, 0.1) is 10.1 Å². The molecule has 0 fully saturated rings. The number of fused-ring (bicyclic) bond motifs is 2. The molecule has 7 rings (SSSR count). The molecule has 5 aromatic carbocycles. The Morgan fingerprint density at radius 1 is 0.795 bits per heavy atom. The molecule has 0 saturated carbocycles. The van der Waals surface area contributed by atoms with Crippen LogP contribution in [-0.4, -0.2) is 24.8 Å². The maximum atomic E-state index is 11.7. The molecule has 2 heterocycles. The smallest absolute Gasteiger partial charge is 0.274 e. The van der Waals surface area contributed by atoms with Crippen molar-refractivity contribution >= 4 is 17.5 Å². The second-order valence-corrected chi connectivity index (χ2v) is 11.8. The molecule has 0 aromatic heterocycles. The van der Waals surface area contributed by atoms with Gasteiger partial charge in [-0.1, -0.05) is 91.0 Å². The molecule has 0 aliphatic carbocycles. The standard InChI is InChI=1S/C38H32N2O4/c1-37(2)34-31(26-16-10-6-11-17-26)24-30(25-14-8-5-9-15-25)33(27-18-12-7-13-19-27)35(34)39(3)38(37)21-20-28-22-29(40(41)42)23-32(43-4)36(28)44-38/h5-24H,1-4H3. The average Bonchev–Trinajstić information content (AvgIpc) is 3.22. The molecule has 2 aliphatic rings. The molecule has 0 N–H and O–H groups in total. The number of nitro groups is 1. The molecule has 1 atom stereocenters. The molecule has 1 unspecified atom stereocenters. The first kappa shape index (κ1) is 27.5. The number of anilines is 1. The third-order valence-electron chi connectivity index (χ3n) is 9.13. The van der Waals surface area contributed by atoms with Crippen molar-refractivity contribution in [1.29, 1.82) is 0 Å². The Kier molecular flexibility index (Phi) is 6.32. The highest BCUT2D eigenvalue weighted by molar-refractivity contribution is 6.01. The van der Waals surface area contributed by atoms with Crippen molar-refractivity contribution in [2.24, 2.45) is 0 Å². The van der Waals surface area contributed by atoms with Crippen molar-refractivity contribution in [2.75, 3.05) is 19.1 Å². The molecule has 6 heteroatoms. The highest BCUT2D eigenvalue weighted by Crippen LogP contribution is 2.62. The van der Waals surface area contributed by atoms with Crippen LogP contribution >= 0.6 is 0 Å². The van der Waals surface area contributed by atoms with E-state index in [-0.39, 0.29) is 5.69 Å². The van der Waals surface area contributed by atoms with Gasteiger partial charge in [-0.25, -0.2) is 0 Å². The zero-order chi connectivity index (χ0) is 30.6. The Balaban J connectivity index is 1.56. The largest absolute Gasteiger partial charge is 0.493 e. The highest BCUT2D eigenvalue weighted by Gasteiger charge is 2.60. The number of ether oxygens (including phenoxy) is 2. The Labute approximate surface area is 257 Å². The first-order valence-corrected chi connectivity index (χ1v) is 14.6. The molecule has 6 nitrogen and oxygen atoms in total.